The number of nitrogens with one attached hydrogen (secondary N) is 1. The molecule has 2 unspecified atom stereocenters. The fourth-order valence-corrected chi connectivity index (χ4v) is 4.81. The maximum absolute atomic E-state index is 12.8. The average molecular weight is 343 g/mol. The van der Waals surface area contributed by atoms with E-state index < -0.39 is 15.3 Å². The molecule has 0 amide bonds. The van der Waals surface area contributed by atoms with Gasteiger partial charge in [-0.2, -0.15) is 0 Å². The van der Waals surface area contributed by atoms with Crippen LogP contribution in [0.25, 0.3) is 0 Å². The van der Waals surface area contributed by atoms with Crippen molar-refractivity contribution in [2.45, 2.75) is 44.0 Å². The number of aryl methyl sites for hydroxylation is 1. The summed E-state index contributed by atoms with van der Waals surface area (Å²) in [5, 5.41) is -0.534. The monoisotopic (exact) mass is 343 g/mol. The minimum Gasteiger partial charge on any atom is -0.493 e. The number of hydrogen-bond acceptors (Lipinski definition) is 5. The van der Waals surface area contributed by atoms with E-state index in [4.69, 9.17) is 14.2 Å². The molecule has 0 spiro atoms. The number of anilines is 1. The molecule has 0 saturated heterocycles. The molecule has 0 bridgehead atoms. The summed E-state index contributed by atoms with van der Waals surface area (Å²) in [5.74, 6) is 1.06. The lowest BCUT2D eigenvalue weighted by Crippen LogP contribution is -2.41. The summed E-state index contributed by atoms with van der Waals surface area (Å²) < 4.78 is 44.1. The first kappa shape index (κ1) is 17.9. The topological polar surface area (TPSA) is 73.9 Å². The van der Waals surface area contributed by atoms with Crippen molar-refractivity contribution in [2.75, 3.05) is 26.1 Å². The van der Waals surface area contributed by atoms with Gasteiger partial charge in [0.15, 0.2) is 11.5 Å². The highest BCUT2D eigenvalue weighted by molar-refractivity contribution is 7.93. The molecule has 23 heavy (non-hydrogen) atoms. The Hall–Kier alpha value is -1.47. The van der Waals surface area contributed by atoms with E-state index in [2.05, 4.69) is 4.72 Å². The van der Waals surface area contributed by atoms with Gasteiger partial charge in [-0.1, -0.05) is 12.8 Å². The Labute approximate surface area is 138 Å². The van der Waals surface area contributed by atoms with E-state index in [0.717, 1.165) is 24.8 Å². The van der Waals surface area contributed by atoms with E-state index in [1.165, 1.54) is 7.11 Å². The normalized spacial score (nSPS) is 21.7. The number of rotatable bonds is 6. The van der Waals surface area contributed by atoms with Gasteiger partial charge in [-0.25, -0.2) is 8.42 Å². The van der Waals surface area contributed by atoms with Crippen LogP contribution in [-0.4, -0.2) is 41.1 Å². The SMILES string of the molecule is COc1cc(C)c(NS(=O)(=O)C2CCCCC2OC)cc1OC. The van der Waals surface area contributed by atoms with E-state index in [1.807, 2.05) is 6.92 Å². The highest BCUT2D eigenvalue weighted by Gasteiger charge is 2.36. The van der Waals surface area contributed by atoms with Crippen molar-refractivity contribution < 1.29 is 22.6 Å². The van der Waals surface area contributed by atoms with Crippen LogP contribution in [-0.2, 0) is 14.8 Å². The van der Waals surface area contributed by atoms with Crippen molar-refractivity contribution in [3.05, 3.63) is 17.7 Å². The van der Waals surface area contributed by atoms with Crippen molar-refractivity contribution in [3.63, 3.8) is 0 Å². The van der Waals surface area contributed by atoms with Crippen LogP contribution in [0, 0.1) is 6.92 Å². The summed E-state index contributed by atoms with van der Waals surface area (Å²) in [5.41, 5.74) is 1.28. The molecule has 2 rings (SSSR count). The maximum atomic E-state index is 12.8. The van der Waals surface area contributed by atoms with Crippen molar-refractivity contribution in [2.24, 2.45) is 0 Å². The Kier molecular flexibility index (Phi) is 5.75. The van der Waals surface area contributed by atoms with Crippen LogP contribution in [0.1, 0.15) is 31.2 Å². The molecule has 0 aliphatic heterocycles. The molecule has 1 N–H and O–H groups in total. The second-order valence-electron chi connectivity index (χ2n) is 5.77. The van der Waals surface area contributed by atoms with Crippen LogP contribution in [0.4, 0.5) is 5.69 Å². The summed E-state index contributed by atoms with van der Waals surface area (Å²) in [6, 6.07) is 3.40. The lowest BCUT2D eigenvalue weighted by Gasteiger charge is -2.30. The molecule has 1 aliphatic rings. The van der Waals surface area contributed by atoms with Gasteiger partial charge in [0.2, 0.25) is 10.0 Å². The van der Waals surface area contributed by atoms with E-state index in [9.17, 15) is 8.42 Å². The van der Waals surface area contributed by atoms with Crippen molar-refractivity contribution >= 4 is 15.7 Å². The minimum absolute atomic E-state index is 0.262. The molecule has 1 fully saturated rings. The van der Waals surface area contributed by atoms with Gasteiger partial charge >= 0.3 is 0 Å². The smallest absolute Gasteiger partial charge is 0.238 e. The highest BCUT2D eigenvalue weighted by atomic mass is 32.2. The largest absolute Gasteiger partial charge is 0.493 e. The molecule has 2 atom stereocenters. The first-order chi connectivity index (χ1) is 10.9. The lowest BCUT2D eigenvalue weighted by molar-refractivity contribution is 0.0739. The molecule has 1 saturated carbocycles. The third kappa shape index (κ3) is 3.90. The Morgan fingerprint density at radius 2 is 1.65 bits per heavy atom. The van der Waals surface area contributed by atoms with E-state index >= 15 is 0 Å². The van der Waals surface area contributed by atoms with Gasteiger partial charge in [-0.3, -0.25) is 4.72 Å². The zero-order valence-electron chi connectivity index (χ0n) is 14.1. The first-order valence-electron chi connectivity index (χ1n) is 7.70. The molecule has 0 aromatic heterocycles. The minimum atomic E-state index is -3.54. The zero-order chi connectivity index (χ0) is 17.0. The first-order valence-corrected chi connectivity index (χ1v) is 9.24. The molecule has 0 radical (unpaired) electrons. The fraction of sp³-hybridized carbons (Fsp3) is 0.625. The van der Waals surface area contributed by atoms with Crippen molar-refractivity contribution in [1.29, 1.82) is 0 Å². The van der Waals surface area contributed by atoms with Crippen LogP contribution in [0.3, 0.4) is 0 Å². The van der Waals surface area contributed by atoms with Crippen LogP contribution < -0.4 is 14.2 Å². The molecule has 1 aromatic carbocycles. The van der Waals surface area contributed by atoms with E-state index in [0.29, 0.717) is 23.6 Å². The third-order valence-electron chi connectivity index (χ3n) is 4.33. The summed E-state index contributed by atoms with van der Waals surface area (Å²) in [4.78, 5) is 0. The molecule has 7 heteroatoms. The van der Waals surface area contributed by atoms with Crippen LogP contribution in [0.2, 0.25) is 0 Å². The molecular formula is C16H25NO5S. The predicted octanol–water partition coefficient (Wildman–Crippen LogP) is 2.71. The van der Waals surface area contributed by atoms with Crippen LogP contribution in [0.5, 0.6) is 11.5 Å². The number of ether oxygens (including phenoxy) is 3. The number of hydrogen-bond donors (Lipinski definition) is 1. The van der Waals surface area contributed by atoms with Gasteiger partial charge in [0.05, 0.1) is 26.0 Å². The van der Waals surface area contributed by atoms with Gasteiger partial charge in [0, 0.05) is 13.2 Å². The van der Waals surface area contributed by atoms with E-state index in [-0.39, 0.29) is 6.10 Å². The Bertz CT molecular complexity index is 644. The molecule has 0 heterocycles. The number of sulfonamides is 1. The molecule has 1 aromatic rings. The summed E-state index contributed by atoms with van der Waals surface area (Å²) >= 11 is 0. The Morgan fingerprint density at radius 3 is 2.26 bits per heavy atom. The maximum Gasteiger partial charge on any atom is 0.238 e. The van der Waals surface area contributed by atoms with Gasteiger partial charge < -0.3 is 14.2 Å². The lowest BCUT2D eigenvalue weighted by atomic mass is 9.97. The Balaban J connectivity index is 2.29. The summed E-state index contributed by atoms with van der Waals surface area (Å²) in [7, 11) is 1.10. The van der Waals surface area contributed by atoms with Gasteiger partial charge in [-0.05, 0) is 31.4 Å². The van der Waals surface area contributed by atoms with Gasteiger partial charge in [0.25, 0.3) is 0 Å². The third-order valence-corrected chi connectivity index (χ3v) is 6.17. The van der Waals surface area contributed by atoms with Crippen LogP contribution in [0.15, 0.2) is 12.1 Å². The van der Waals surface area contributed by atoms with Gasteiger partial charge in [0.1, 0.15) is 5.25 Å². The van der Waals surface area contributed by atoms with Crippen LogP contribution >= 0.6 is 0 Å². The predicted molar refractivity (Wildman–Crippen MR) is 89.9 cm³/mol. The second-order valence-corrected chi connectivity index (χ2v) is 7.67. The van der Waals surface area contributed by atoms with Gasteiger partial charge in [-0.15, -0.1) is 0 Å². The van der Waals surface area contributed by atoms with Crippen molar-refractivity contribution in [1.82, 2.24) is 0 Å². The number of benzene rings is 1. The zero-order valence-corrected chi connectivity index (χ0v) is 14.9. The number of methoxy groups -OCH3 is 3. The van der Waals surface area contributed by atoms with E-state index in [1.54, 1.807) is 26.4 Å². The fourth-order valence-electron chi connectivity index (χ4n) is 3.01. The molecule has 130 valence electrons. The molecular weight excluding hydrogens is 318 g/mol. The quantitative estimate of drug-likeness (QED) is 0.860. The molecule has 6 nitrogen and oxygen atoms in total. The summed E-state index contributed by atoms with van der Waals surface area (Å²) in [6.45, 7) is 1.83. The standard InChI is InChI=1S/C16H25NO5S/c1-11-9-14(21-3)15(22-4)10-12(11)17-23(18,19)16-8-6-5-7-13(16)20-2/h9-10,13,16-17H,5-8H2,1-4H3. The average Bonchev–Trinajstić information content (AvgIpc) is 2.56. The molecule has 1 aliphatic carbocycles. The summed E-state index contributed by atoms with van der Waals surface area (Å²) in [6.07, 6.45) is 3.02. The second kappa shape index (κ2) is 7.40. The highest BCUT2D eigenvalue weighted by Crippen LogP contribution is 2.35. The van der Waals surface area contributed by atoms with Crippen molar-refractivity contribution in [3.8, 4) is 11.5 Å². The Morgan fingerprint density at radius 1 is 1.04 bits per heavy atom.